The maximum atomic E-state index is 11.3. The predicted octanol–water partition coefficient (Wildman–Crippen LogP) is 4.50. The van der Waals surface area contributed by atoms with E-state index in [1.54, 1.807) is 12.4 Å². The molecule has 3 unspecified atom stereocenters. The van der Waals surface area contributed by atoms with E-state index < -0.39 is 6.23 Å². The summed E-state index contributed by atoms with van der Waals surface area (Å²) in [6.07, 6.45) is 4.02. The molecule has 1 aliphatic carbocycles. The highest BCUT2D eigenvalue weighted by molar-refractivity contribution is 6.30. The van der Waals surface area contributed by atoms with Gasteiger partial charge in [0.1, 0.15) is 6.23 Å². The lowest BCUT2D eigenvalue weighted by Gasteiger charge is -2.27. The molecule has 130 valence electrons. The molecular weight excluding hydrogens is 344 g/mol. The monoisotopic (exact) mass is 362 g/mol. The minimum Gasteiger partial charge on any atom is -0.373 e. The van der Waals surface area contributed by atoms with E-state index in [0.29, 0.717) is 12.5 Å². The van der Waals surface area contributed by atoms with Gasteiger partial charge in [0.15, 0.2) is 0 Å². The summed E-state index contributed by atoms with van der Waals surface area (Å²) in [4.78, 5) is 6.22. The number of aliphatic hydroxyl groups excluding tert-OH is 1. The summed E-state index contributed by atoms with van der Waals surface area (Å²) in [5.74, 6) is 0.318. The van der Waals surface area contributed by atoms with Crippen LogP contribution in [0.1, 0.15) is 29.0 Å². The molecule has 1 aromatic heterocycles. The Bertz CT molecular complexity index is 944. The molecule has 0 saturated heterocycles. The van der Waals surface area contributed by atoms with Crippen LogP contribution < -0.4 is 4.90 Å². The molecule has 2 heterocycles. The molecule has 2 aliphatic rings. The fourth-order valence-corrected chi connectivity index (χ4v) is 4.62. The van der Waals surface area contributed by atoms with Crippen molar-refractivity contribution in [3.63, 3.8) is 0 Å². The maximum absolute atomic E-state index is 11.3. The molecule has 1 saturated carbocycles. The highest BCUT2D eigenvalue weighted by Gasteiger charge is 2.66. The van der Waals surface area contributed by atoms with Crippen LogP contribution in [-0.4, -0.2) is 16.3 Å². The Hall–Kier alpha value is -2.36. The lowest BCUT2D eigenvalue weighted by molar-refractivity contribution is 0.134. The predicted molar refractivity (Wildman–Crippen MR) is 103 cm³/mol. The van der Waals surface area contributed by atoms with Gasteiger partial charge in [-0.3, -0.25) is 4.98 Å². The highest BCUT2D eigenvalue weighted by Crippen LogP contribution is 2.68. The van der Waals surface area contributed by atoms with E-state index in [0.717, 1.165) is 22.7 Å². The standard InChI is InChI=1S/C22H19ClN2O/c23-17-7-5-16(6-8-17)19-13-22(19)18-3-1-2-4-20(18)25(21(22)26)14-15-9-11-24-12-10-15/h1-12,19,21,26H,13-14H2. The first-order valence-corrected chi connectivity index (χ1v) is 9.26. The van der Waals surface area contributed by atoms with Gasteiger partial charge in [0, 0.05) is 35.1 Å². The van der Waals surface area contributed by atoms with Crippen LogP contribution in [0.3, 0.4) is 0 Å². The Morgan fingerprint density at radius 3 is 2.54 bits per heavy atom. The average Bonchev–Trinajstić information content (AvgIpc) is 3.39. The zero-order valence-corrected chi connectivity index (χ0v) is 15.0. The van der Waals surface area contributed by atoms with Crippen LogP contribution in [0.2, 0.25) is 5.02 Å². The van der Waals surface area contributed by atoms with Gasteiger partial charge in [0.2, 0.25) is 0 Å². The van der Waals surface area contributed by atoms with Gasteiger partial charge in [-0.1, -0.05) is 41.9 Å². The second kappa shape index (κ2) is 5.83. The number of fused-ring (bicyclic) bond motifs is 2. The number of para-hydroxylation sites is 1. The third kappa shape index (κ3) is 2.28. The van der Waals surface area contributed by atoms with E-state index in [2.05, 4.69) is 40.2 Å². The van der Waals surface area contributed by atoms with Crippen molar-refractivity contribution in [1.29, 1.82) is 0 Å². The number of hydrogen-bond acceptors (Lipinski definition) is 3. The third-order valence-electron chi connectivity index (χ3n) is 5.85. The fraction of sp³-hybridized carbons (Fsp3) is 0.227. The second-order valence-corrected chi connectivity index (χ2v) is 7.66. The minimum atomic E-state index is -0.534. The summed E-state index contributed by atoms with van der Waals surface area (Å²) in [5, 5.41) is 12.1. The molecule has 4 heteroatoms. The van der Waals surface area contributed by atoms with Crippen LogP contribution in [0, 0.1) is 0 Å². The van der Waals surface area contributed by atoms with Gasteiger partial charge in [-0.05, 0) is 59.4 Å². The lowest BCUT2D eigenvalue weighted by atomic mass is 9.91. The zero-order chi connectivity index (χ0) is 17.7. The van der Waals surface area contributed by atoms with E-state index in [1.165, 1.54) is 11.1 Å². The molecule has 3 atom stereocenters. The molecule has 0 radical (unpaired) electrons. The Morgan fingerprint density at radius 1 is 1.04 bits per heavy atom. The van der Waals surface area contributed by atoms with Crippen molar-refractivity contribution in [2.24, 2.45) is 0 Å². The van der Waals surface area contributed by atoms with Crippen molar-refractivity contribution in [3.8, 4) is 0 Å². The molecule has 0 amide bonds. The number of anilines is 1. The summed E-state index contributed by atoms with van der Waals surface area (Å²) in [6, 6.07) is 20.5. The molecule has 2 aromatic carbocycles. The van der Waals surface area contributed by atoms with E-state index in [4.69, 9.17) is 11.6 Å². The fourth-order valence-electron chi connectivity index (χ4n) is 4.50. The van der Waals surface area contributed by atoms with Crippen LogP contribution in [0.25, 0.3) is 0 Å². The Balaban J connectivity index is 1.53. The zero-order valence-electron chi connectivity index (χ0n) is 14.2. The molecule has 0 bridgehead atoms. The Labute approximate surface area is 157 Å². The van der Waals surface area contributed by atoms with Crippen molar-refractivity contribution in [3.05, 3.63) is 94.8 Å². The molecule has 1 spiro atoms. The maximum Gasteiger partial charge on any atom is 0.137 e. The summed E-state index contributed by atoms with van der Waals surface area (Å²) in [6.45, 7) is 0.676. The topological polar surface area (TPSA) is 36.4 Å². The number of halogens is 1. The molecule has 3 nitrogen and oxygen atoms in total. The molecule has 1 N–H and O–H groups in total. The SMILES string of the molecule is OC1N(Cc2ccncc2)c2ccccc2C12CC2c1ccc(Cl)cc1. The van der Waals surface area contributed by atoms with Crippen molar-refractivity contribution in [2.45, 2.75) is 30.5 Å². The number of aromatic nitrogens is 1. The van der Waals surface area contributed by atoms with E-state index in [1.807, 2.05) is 30.3 Å². The summed E-state index contributed by atoms with van der Waals surface area (Å²) in [5.41, 5.74) is 4.55. The number of nitrogens with zero attached hydrogens (tertiary/aromatic N) is 2. The Kier molecular flexibility index (Phi) is 3.56. The van der Waals surface area contributed by atoms with Gasteiger partial charge in [0.05, 0.1) is 0 Å². The molecule has 5 rings (SSSR count). The average molecular weight is 363 g/mol. The first kappa shape index (κ1) is 15.9. The number of benzene rings is 2. The molecule has 26 heavy (non-hydrogen) atoms. The second-order valence-electron chi connectivity index (χ2n) is 7.22. The first-order chi connectivity index (χ1) is 12.7. The van der Waals surface area contributed by atoms with Crippen molar-refractivity contribution >= 4 is 17.3 Å². The number of pyridine rings is 1. The summed E-state index contributed by atoms with van der Waals surface area (Å²) in [7, 11) is 0. The van der Waals surface area contributed by atoms with Crippen LogP contribution in [0.15, 0.2) is 73.1 Å². The first-order valence-electron chi connectivity index (χ1n) is 8.89. The van der Waals surface area contributed by atoms with Crippen LogP contribution >= 0.6 is 11.6 Å². The smallest absolute Gasteiger partial charge is 0.137 e. The quantitative estimate of drug-likeness (QED) is 0.745. The number of hydrogen-bond donors (Lipinski definition) is 1. The summed E-state index contributed by atoms with van der Waals surface area (Å²) < 4.78 is 0. The van der Waals surface area contributed by atoms with E-state index in [9.17, 15) is 5.11 Å². The van der Waals surface area contributed by atoms with E-state index in [-0.39, 0.29) is 5.41 Å². The molecule has 3 aromatic rings. The van der Waals surface area contributed by atoms with E-state index >= 15 is 0 Å². The van der Waals surface area contributed by atoms with Gasteiger partial charge in [-0.25, -0.2) is 0 Å². The summed E-state index contributed by atoms with van der Waals surface area (Å²) >= 11 is 6.05. The number of rotatable bonds is 3. The van der Waals surface area contributed by atoms with Gasteiger partial charge in [0.25, 0.3) is 0 Å². The van der Waals surface area contributed by atoms with Crippen LogP contribution in [-0.2, 0) is 12.0 Å². The highest BCUT2D eigenvalue weighted by atomic mass is 35.5. The lowest BCUT2D eigenvalue weighted by Crippen LogP contribution is -2.37. The third-order valence-corrected chi connectivity index (χ3v) is 6.10. The minimum absolute atomic E-state index is 0.225. The Morgan fingerprint density at radius 2 is 1.77 bits per heavy atom. The largest absolute Gasteiger partial charge is 0.373 e. The van der Waals surface area contributed by atoms with Gasteiger partial charge in [-0.15, -0.1) is 0 Å². The molecule has 1 fully saturated rings. The van der Waals surface area contributed by atoms with Gasteiger partial charge >= 0.3 is 0 Å². The van der Waals surface area contributed by atoms with Crippen LogP contribution in [0.4, 0.5) is 5.69 Å². The van der Waals surface area contributed by atoms with Crippen molar-refractivity contribution in [1.82, 2.24) is 4.98 Å². The van der Waals surface area contributed by atoms with Crippen molar-refractivity contribution < 1.29 is 5.11 Å². The molecule has 1 aliphatic heterocycles. The van der Waals surface area contributed by atoms with Crippen LogP contribution in [0.5, 0.6) is 0 Å². The normalized spacial score (nSPS) is 26.2. The van der Waals surface area contributed by atoms with Gasteiger partial charge < -0.3 is 10.0 Å². The molecular formula is C22H19ClN2O. The van der Waals surface area contributed by atoms with Gasteiger partial charge in [-0.2, -0.15) is 0 Å². The number of aliphatic hydroxyl groups is 1. The van der Waals surface area contributed by atoms with Crippen molar-refractivity contribution in [2.75, 3.05) is 4.90 Å².